The second-order valence-electron chi connectivity index (χ2n) is 4.83. The monoisotopic (exact) mass is 289 g/mol. The molecule has 0 saturated carbocycles. The summed E-state index contributed by atoms with van der Waals surface area (Å²) < 4.78 is 24.2. The molecule has 2 aromatic carbocycles. The van der Waals surface area contributed by atoms with Gasteiger partial charge in [-0.2, -0.15) is 0 Å². The Morgan fingerprint density at radius 1 is 1.05 bits per heavy atom. The van der Waals surface area contributed by atoms with Gasteiger partial charge in [-0.1, -0.05) is 18.2 Å². The van der Waals surface area contributed by atoms with Gasteiger partial charge in [0.1, 0.15) is 17.3 Å². The molecule has 0 aliphatic rings. The summed E-state index contributed by atoms with van der Waals surface area (Å²) in [6.45, 7) is 0.401. The van der Waals surface area contributed by atoms with Crippen LogP contribution < -0.4 is 15.2 Å². The van der Waals surface area contributed by atoms with E-state index in [4.69, 9.17) is 15.2 Å². The van der Waals surface area contributed by atoms with Crippen molar-refractivity contribution < 1.29 is 13.9 Å². The van der Waals surface area contributed by atoms with Crippen LogP contribution in [0.4, 0.5) is 4.39 Å². The summed E-state index contributed by atoms with van der Waals surface area (Å²) in [5.41, 5.74) is 7.73. The Hall–Kier alpha value is -2.07. The van der Waals surface area contributed by atoms with Gasteiger partial charge in [-0.05, 0) is 42.8 Å². The molecular weight excluding hydrogens is 269 g/mol. The highest BCUT2D eigenvalue weighted by molar-refractivity contribution is 5.40. The summed E-state index contributed by atoms with van der Waals surface area (Å²) in [5.74, 6) is 1.14. The molecule has 112 valence electrons. The van der Waals surface area contributed by atoms with Crippen molar-refractivity contribution in [2.45, 2.75) is 12.3 Å². The maximum absolute atomic E-state index is 13.5. The van der Waals surface area contributed by atoms with E-state index in [0.717, 1.165) is 16.9 Å². The highest BCUT2D eigenvalue weighted by Crippen LogP contribution is 2.31. The molecule has 4 heteroatoms. The Labute approximate surface area is 124 Å². The van der Waals surface area contributed by atoms with Crippen molar-refractivity contribution in [3.05, 3.63) is 59.4 Å². The lowest BCUT2D eigenvalue weighted by Gasteiger charge is -2.19. The number of benzene rings is 2. The predicted octanol–water partition coefficient (Wildman–Crippen LogP) is 3.13. The van der Waals surface area contributed by atoms with E-state index < -0.39 is 0 Å². The van der Waals surface area contributed by atoms with E-state index in [1.807, 2.05) is 24.3 Å². The van der Waals surface area contributed by atoms with Gasteiger partial charge in [-0.3, -0.25) is 0 Å². The first-order valence-corrected chi connectivity index (χ1v) is 6.85. The third-order valence-electron chi connectivity index (χ3n) is 3.57. The average molecular weight is 289 g/mol. The molecular formula is C17H20FNO2. The Bertz CT molecular complexity index is 601. The molecule has 2 N–H and O–H groups in total. The number of hydrogen-bond acceptors (Lipinski definition) is 3. The number of rotatable bonds is 6. The highest BCUT2D eigenvalue weighted by Gasteiger charge is 2.18. The summed E-state index contributed by atoms with van der Waals surface area (Å²) in [6.07, 6.45) is 0.667. The molecule has 2 aromatic rings. The van der Waals surface area contributed by atoms with Gasteiger partial charge in [0.25, 0.3) is 0 Å². The standard InChI is InChI=1S/C17H20FNO2/c1-20-16-6-4-3-5-12(16)9-13(11-19)15-10-14(18)7-8-17(15)21-2/h3-8,10,13H,9,11,19H2,1-2H3. The van der Waals surface area contributed by atoms with Crippen molar-refractivity contribution >= 4 is 0 Å². The second kappa shape index (κ2) is 7.09. The second-order valence-corrected chi connectivity index (χ2v) is 4.83. The smallest absolute Gasteiger partial charge is 0.123 e. The third kappa shape index (κ3) is 3.52. The lowest BCUT2D eigenvalue weighted by atomic mass is 9.91. The third-order valence-corrected chi connectivity index (χ3v) is 3.57. The SMILES string of the molecule is COc1ccccc1CC(CN)c1cc(F)ccc1OC. The van der Waals surface area contributed by atoms with Crippen molar-refractivity contribution in [3.8, 4) is 11.5 Å². The zero-order chi connectivity index (χ0) is 15.2. The van der Waals surface area contributed by atoms with Crippen LogP contribution in [0.1, 0.15) is 17.0 Å². The zero-order valence-corrected chi connectivity index (χ0v) is 12.3. The number of hydrogen-bond donors (Lipinski definition) is 1. The fraction of sp³-hybridized carbons (Fsp3) is 0.294. The number of ether oxygens (including phenoxy) is 2. The van der Waals surface area contributed by atoms with Gasteiger partial charge in [0.05, 0.1) is 14.2 Å². The minimum Gasteiger partial charge on any atom is -0.496 e. The molecule has 0 spiro atoms. The topological polar surface area (TPSA) is 44.5 Å². The molecule has 3 nitrogen and oxygen atoms in total. The Morgan fingerprint density at radius 2 is 1.76 bits per heavy atom. The summed E-state index contributed by atoms with van der Waals surface area (Å²) >= 11 is 0. The molecule has 2 rings (SSSR count). The van der Waals surface area contributed by atoms with Gasteiger partial charge < -0.3 is 15.2 Å². The van der Waals surface area contributed by atoms with Crippen molar-refractivity contribution in [1.82, 2.24) is 0 Å². The fourth-order valence-corrected chi connectivity index (χ4v) is 2.48. The van der Waals surface area contributed by atoms with E-state index in [9.17, 15) is 4.39 Å². The number of halogens is 1. The molecule has 21 heavy (non-hydrogen) atoms. The molecule has 0 heterocycles. The van der Waals surface area contributed by atoms with E-state index in [1.54, 1.807) is 20.3 Å². The molecule has 1 unspecified atom stereocenters. The van der Waals surface area contributed by atoms with E-state index in [-0.39, 0.29) is 11.7 Å². The van der Waals surface area contributed by atoms with Crippen LogP contribution in [0.3, 0.4) is 0 Å². The normalized spacial score (nSPS) is 12.0. The molecule has 0 amide bonds. The molecule has 0 saturated heterocycles. The van der Waals surface area contributed by atoms with Crippen LogP contribution in [0, 0.1) is 5.82 Å². The Kier molecular flexibility index (Phi) is 5.17. The van der Waals surface area contributed by atoms with E-state index >= 15 is 0 Å². The van der Waals surface area contributed by atoms with E-state index in [0.29, 0.717) is 18.7 Å². The van der Waals surface area contributed by atoms with E-state index in [1.165, 1.54) is 12.1 Å². The summed E-state index contributed by atoms with van der Waals surface area (Å²) in [7, 11) is 3.21. The first kappa shape index (κ1) is 15.3. The highest BCUT2D eigenvalue weighted by atomic mass is 19.1. The van der Waals surface area contributed by atoms with Crippen molar-refractivity contribution in [2.24, 2.45) is 5.73 Å². The average Bonchev–Trinajstić information content (AvgIpc) is 2.53. The van der Waals surface area contributed by atoms with Crippen molar-refractivity contribution in [1.29, 1.82) is 0 Å². The molecule has 0 aromatic heterocycles. The largest absolute Gasteiger partial charge is 0.496 e. The minimum absolute atomic E-state index is 0.0352. The van der Waals surface area contributed by atoms with Gasteiger partial charge >= 0.3 is 0 Å². The van der Waals surface area contributed by atoms with Crippen LogP contribution in [-0.4, -0.2) is 20.8 Å². The van der Waals surface area contributed by atoms with Gasteiger partial charge in [0.2, 0.25) is 0 Å². The fourth-order valence-electron chi connectivity index (χ4n) is 2.48. The van der Waals surface area contributed by atoms with Crippen LogP contribution in [0.25, 0.3) is 0 Å². The quantitative estimate of drug-likeness (QED) is 0.888. The van der Waals surface area contributed by atoms with Gasteiger partial charge in [0, 0.05) is 11.5 Å². The zero-order valence-electron chi connectivity index (χ0n) is 12.3. The van der Waals surface area contributed by atoms with Crippen LogP contribution in [-0.2, 0) is 6.42 Å². The number of nitrogens with two attached hydrogens (primary N) is 1. The van der Waals surface area contributed by atoms with Crippen LogP contribution in [0.15, 0.2) is 42.5 Å². The minimum atomic E-state index is -0.288. The van der Waals surface area contributed by atoms with Crippen molar-refractivity contribution in [3.63, 3.8) is 0 Å². The first-order valence-electron chi connectivity index (χ1n) is 6.85. The van der Waals surface area contributed by atoms with E-state index in [2.05, 4.69) is 0 Å². The van der Waals surface area contributed by atoms with Crippen LogP contribution in [0.2, 0.25) is 0 Å². The molecule has 0 bridgehead atoms. The van der Waals surface area contributed by atoms with Gasteiger partial charge in [-0.25, -0.2) is 4.39 Å². The summed E-state index contributed by atoms with van der Waals surface area (Å²) in [4.78, 5) is 0. The summed E-state index contributed by atoms with van der Waals surface area (Å²) in [6, 6.07) is 12.3. The lowest BCUT2D eigenvalue weighted by Crippen LogP contribution is -2.16. The number of para-hydroxylation sites is 1. The van der Waals surface area contributed by atoms with Crippen molar-refractivity contribution in [2.75, 3.05) is 20.8 Å². The van der Waals surface area contributed by atoms with Gasteiger partial charge in [0.15, 0.2) is 0 Å². The number of methoxy groups -OCH3 is 2. The predicted molar refractivity (Wildman–Crippen MR) is 81.4 cm³/mol. The van der Waals surface area contributed by atoms with Crippen LogP contribution in [0.5, 0.6) is 11.5 Å². The maximum Gasteiger partial charge on any atom is 0.123 e. The molecule has 0 radical (unpaired) electrons. The lowest BCUT2D eigenvalue weighted by molar-refractivity contribution is 0.399. The molecule has 0 aliphatic carbocycles. The Balaban J connectivity index is 2.34. The first-order chi connectivity index (χ1) is 10.2. The maximum atomic E-state index is 13.5. The molecule has 0 aliphatic heterocycles. The molecule has 0 fully saturated rings. The Morgan fingerprint density at radius 3 is 2.43 bits per heavy atom. The summed E-state index contributed by atoms with van der Waals surface area (Å²) in [5, 5.41) is 0. The van der Waals surface area contributed by atoms with Gasteiger partial charge in [-0.15, -0.1) is 0 Å². The molecule has 1 atom stereocenters. The van der Waals surface area contributed by atoms with Crippen LogP contribution >= 0.6 is 0 Å².